The summed E-state index contributed by atoms with van der Waals surface area (Å²) in [5.74, 6) is 1.97. The molecule has 2 rings (SSSR count). The van der Waals surface area contributed by atoms with Crippen molar-refractivity contribution in [3.8, 4) is 0 Å². The van der Waals surface area contributed by atoms with Crippen LogP contribution in [-0.4, -0.2) is 49.9 Å². The number of unbranched alkanes of at least 4 members (excludes halogenated alkanes) is 24. The summed E-state index contributed by atoms with van der Waals surface area (Å²) in [6.07, 6.45) is 40.4. The molecular formula is C60H114O7. The minimum atomic E-state index is -0.479. The smallest absolute Gasteiger partial charge is 0.306 e. The molecule has 2 aliphatic rings. The molecular weight excluding hydrogens is 833 g/mol. The number of hydrogen-bond acceptors (Lipinski definition) is 7. The van der Waals surface area contributed by atoms with Crippen LogP contribution < -0.4 is 0 Å². The Labute approximate surface area is 416 Å². The lowest BCUT2D eigenvalue weighted by Gasteiger charge is -2.48. The van der Waals surface area contributed by atoms with E-state index in [0.717, 1.165) is 25.7 Å². The van der Waals surface area contributed by atoms with E-state index < -0.39 is 12.6 Å². The molecule has 0 aromatic rings. The first-order valence-electron chi connectivity index (χ1n) is 29.7. The predicted octanol–water partition coefficient (Wildman–Crippen LogP) is 17.9. The van der Waals surface area contributed by atoms with E-state index in [1.165, 1.54) is 180 Å². The highest BCUT2D eigenvalue weighted by atomic mass is 16.8. The van der Waals surface area contributed by atoms with Crippen molar-refractivity contribution in [2.45, 2.75) is 312 Å². The van der Waals surface area contributed by atoms with Crippen LogP contribution in [0.4, 0.5) is 0 Å². The van der Waals surface area contributed by atoms with Crippen LogP contribution in [-0.2, 0) is 33.3 Å². The van der Waals surface area contributed by atoms with Gasteiger partial charge in [-0.15, -0.1) is 0 Å². The molecule has 2 heterocycles. The van der Waals surface area contributed by atoms with Crippen molar-refractivity contribution in [1.82, 2.24) is 0 Å². The van der Waals surface area contributed by atoms with Gasteiger partial charge in [-0.2, -0.15) is 0 Å². The first-order valence-corrected chi connectivity index (χ1v) is 29.7. The van der Waals surface area contributed by atoms with Crippen molar-refractivity contribution in [3.05, 3.63) is 0 Å². The zero-order valence-corrected chi connectivity index (χ0v) is 46.2. The Morgan fingerprint density at radius 2 is 0.612 bits per heavy atom. The average Bonchev–Trinajstić information content (AvgIpc) is 3.31. The van der Waals surface area contributed by atoms with E-state index in [-0.39, 0.29) is 61.0 Å². The predicted molar refractivity (Wildman–Crippen MR) is 282 cm³/mol. The number of esters is 2. The van der Waals surface area contributed by atoms with Crippen molar-refractivity contribution in [2.75, 3.05) is 13.2 Å². The summed E-state index contributed by atoms with van der Waals surface area (Å²) in [6, 6.07) is 0. The Morgan fingerprint density at radius 1 is 0.358 bits per heavy atom. The minimum Gasteiger partial charge on any atom is -0.463 e. The Bertz CT molecular complexity index is 1050. The SMILES string of the molecule is CCCCCCCCCC(CCCCCCCCC)CC(=O)OCC1O[C@H](O[C@H]2OC(COC(=O)CC(CCCCCCCCC)CCCCCCCCC)[C@@H](C)[C@H](C)C2C)C(C)[C@@H](C)[C@@H]1C. The van der Waals surface area contributed by atoms with Gasteiger partial charge in [-0.3, -0.25) is 9.59 Å². The zero-order chi connectivity index (χ0) is 49.1. The van der Waals surface area contributed by atoms with Gasteiger partial charge in [0.25, 0.3) is 0 Å². The molecule has 10 atom stereocenters. The van der Waals surface area contributed by atoms with Gasteiger partial charge in [-0.1, -0.05) is 249 Å². The number of rotatable bonds is 42. The first kappa shape index (κ1) is 61.9. The van der Waals surface area contributed by atoms with E-state index in [1.54, 1.807) is 0 Å². The van der Waals surface area contributed by atoms with Gasteiger partial charge in [0.1, 0.15) is 13.2 Å². The summed E-state index contributed by atoms with van der Waals surface area (Å²) < 4.78 is 32.5. The third-order valence-electron chi connectivity index (χ3n) is 16.8. The van der Waals surface area contributed by atoms with Crippen LogP contribution in [0.1, 0.15) is 288 Å². The van der Waals surface area contributed by atoms with Gasteiger partial charge in [-0.05, 0) is 61.2 Å². The van der Waals surface area contributed by atoms with Gasteiger partial charge in [0.15, 0.2) is 12.6 Å². The molecule has 0 N–H and O–H groups in total. The second kappa shape index (κ2) is 39.4. The van der Waals surface area contributed by atoms with E-state index in [1.807, 2.05) is 0 Å². The maximum Gasteiger partial charge on any atom is 0.306 e. The summed E-state index contributed by atoms with van der Waals surface area (Å²) in [5.41, 5.74) is 0. The lowest BCUT2D eigenvalue weighted by atomic mass is 9.78. The fourth-order valence-electron chi connectivity index (χ4n) is 11.0. The van der Waals surface area contributed by atoms with Gasteiger partial charge in [0, 0.05) is 24.7 Å². The van der Waals surface area contributed by atoms with E-state index in [4.69, 9.17) is 23.7 Å². The topological polar surface area (TPSA) is 80.3 Å². The second-order valence-electron chi connectivity index (χ2n) is 22.5. The Hall–Kier alpha value is -1.18. The molecule has 0 amide bonds. The molecule has 2 aliphatic heterocycles. The van der Waals surface area contributed by atoms with E-state index in [0.29, 0.717) is 36.5 Å². The standard InChI is InChI=1S/C60H114O7/c1-11-15-19-23-27-31-35-39-53(40-36-32-28-24-20-16-12-2)43-57(61)63-45-55-49(7)47(5)51(9)59(65-55)67-60-52(10)48(6)50(8)56(66-60)46-64-58(62)44-54(41-37-33-29-25-21-17-13-3)42-38-34-30-26-22-18-14-4/h47-56,59-60H,11-46H2,1-10H3/t47-,48-,49-,50-,51?,52?,55?,56?,59+,60+/m0/s1. The molecule has 0 bridgehead atoms. The number of hydrogen-bond donors (Lipinski definition) is 0. The molecule has 396 valence electrons. The molecule has 0 aromatic heterocycles. The van der Waals surface area contributed by atoms with Gasteiger partial charge in [-0.25, -0.2) is 0 Å². The highest BCUT2D eigenvalue weighted by Gasteiger charge is 2.46. The molecule has 2 fully saturated rings. The Morgan fingerprint density at radius 3 is 0.881 bits per heavy atom. The molecule has 2 saturated heterocycles. The fourth-order valence-corrected chi connectivity index (χ4v) is 11.0. The maximum atomic E-state index is 13.5. The molecule has 0 aliphatic carbocycles. The van der Waals surface area contributed by atoms with Gasteiger partial charge in [0.05, 0.1) is 12.2 Å². The lowest BCUT2D eigenvalue weighted by molar-refractivity contribution is -0.344. The third-order valence-corrected chi connectivity index (χ3v) is 16.8. The number of ether oxygens (including phenoxy) is 5. The minimum absolute atomic E-state index is 0.0817. The van der Waals surface area contributed by atoms with Crippen LogP contribution in [0.15, 0.2) is 0 Å². The molecule has 67 heavy (non-hydrogen) atoms. The van der Waals surface area contributed by atoms with E-state index in [2.05, 4.69) is 69.2 Å². The van der Waals surface area contributed by atoms with Crippen LogP contribution in [0.5, 0.6) is 0 Å². The Kier molecular flexibility index (Phi) is 36.5. The highest BCUT2D eigenvalue weighted by molar-refractivity contribution is 5.70. The van der Waals surface area contributed by atoms with Crippen molar-refractivity contribution in [1.29, 1.82) is 0 Å². The van der Waals surface area contributed by atoms with Crippen LogP contribution in [0.3, 0.4) is 0 Å². The molecule has 0 saturated carbocycles. The third kappa shape index (κ3) is 27.3. The van der Waals surface area contributed by atoms with Crippen molar-refractivity contribution < 1.29 is 33.3 Å². The molecule has 0 spiro atoms. The molecule has 7 heteroatoms. The molecule has 4 unspecified atom stereocenters. The molecule has 7 nitrogen and oxygen atoms in total. The quantitative estimate of drug-likeness (QED) is 0.0445. The first-order chi connectivity index (χ1) is 32.5. The monoisotopic (exact) mass is 947 g/mol. The maximum absolute atomic E-state index is 13.5. The Balaban J connectivity index is 1.96. The number of carbonyl (C=O) groups is 2. The van der Waals surface area contributed by atoms with Crippen LogP contribution in [0, 0.1) is 47.3 Å². The normalized spacial score (nSPS) is 25.6. The van der Waals surface area contributed by atoms with Crippen LogP contribution >= 0.6 is 0 Å². The van der Waals surface area contributed by atoms with Crippen LogP contribution in [0.25, 0.3) is 0 Å². The molecule has 0 radical (unpaired) electrons. The average molecular weight is 948 g/mol. The zero-order valence-electron chi connectivity index (χ0n) is 46.2. The summed E-state index contributed by atoms with van der Waals surface area (Å²) in [6.45, 7) is 23.0. The summed E-state index contributed by atoms with van der Waals surface area (Å²) in [4.78, 5) is 27.0. The van der Waals surface area contributed by atoms with Gasteiger partial charge >= 0.3 is 11.9 Å². The highest BCUT2D eigenvalue weighted by Crippen LogP contribution is 2.41. The van der Waals surface area contributed by atoms with Crippen LogP contribution in [0.2, 0.25) is 0 Å². The van der Waals surface area contributed by atoms with Gasteiger partial charge < -0.3 is 23.7 Å². The van der Waals surface area contributed by atoms with Crippen molar-refractivity contribution in [3.63, 3.8) is 0 Å². The fraction of sp³-hybridized carbons (Fsp3) is 0.967. The molecule has 0 aromatic carbocycles. The van der Waals surface area contributed by atoms with E-state index >= 15 is 0 Å². The number of carbonyl (C=O) groups excluding carboxylic acids is 2. The summed E-state index contributed by atoms with van der Waals surface area (Å²) >= 11 is 0. The van der Waals surface area contributed by atoms with Crippen molar-refractivity contribution in [2.24, 2.45) is 47.3 Å². The summed E-state index contributed by atoms with van der Waals surface area (Å²) in [5, 5.41) is 0. The van der Waals surface area contributed by atoms with Crippen molar-refractivity contribution >= 4 is 11.9 Å². The summed E-state index contributed by atoms with van der Waals surface area (Å²) in [7, 11) is 0. The largest absolute Gasteiger partial charge is 0.463 e. The van der Waals surface area contributed by atoms with Gasteiger partial charge in [0.2, 0.25) is 0 Å². The van der Waals surface area contributed by atoms with E-state index in [9.17, 15) is 9.59 Å². The lowest BCUT2D eigenvalue weighted by Crippen LogP contribution is -2.53. The second-order valence-corrected chi connectivity index (χ2v) is 22.5.